The molecule has 0 radical (unpaired) electrons. The van der Waals surface area contributed by atoms with Crippen LogP contribution in [0, 0.1) is 5.82 Å². The van der Waals surface area contributed by atoms with E-state index < -0.39 is 0 Å². The van der Waals surface area contributed by atoms with Crippen molar-refractivity contribution in [1.29, 1.82) is 0 Å². The molecule has 0 saturated heterocycles. The van der Waals surface area contributed by atoms with Gasteiger partial charge in [0.15, 0.2) is 5.78 Å². The largest absolute Gasteiger partial charge is 0.493 e. The predicted molar refractivity (Wildman–Crippen MR) is 110 cm³/mol. The lowest BCUT2D eigenvalue weighted by Crippen LogP contribution is -2.05. The van der Waals surface area contributed by atoms with Crippen molar-refractivity contribution in [3.8, 4) is 11.5 Å². The molecule has 4 rings (SSSR count). The van der Waals surface area contributed by atoms with Crippen LogP contribution in [-0.4, -0.2) is 24.0 Å². The smallest absolute Gasteiger partial charge is 0.193 e. The van der Waals surface area contributed by atoms with Gasteiger partial charge in [0.1, 0.15) is 17.3 Å². The van der Waals surface area contributed by atoms with Crippen molar-refractivity contribution >= 4 is 16.7 Å². The minimum atomic E-state index is -0.362. The number of rotatable bonds is 8. The van der Waals surface area contributed by atoms with E-state index in [4.69, 9.17) is 9.47 Å². The third kappa shape index (κ3) is 4.63. The molecule has 0 bridgehead atoms. The standard InChI is InChI=1S/C24H20FNO3/c25-20-6-2-17(3-7-20)24(27)18-4-8-21(9-5-18)28-14-1-15-29-22-10-11-23-19(16-22)12-13-26-23/h2-13,16,26H,1,14-15H2. The molecule has 3 aromatic carbocycles. The van der Waals surface area contributed by atoms with Gasteiger partial charge in [-0.25, -0.2) is 4.39 Å². The van der Waals surface area contributed by atoms with Gasteiger partial charge in [-0.1, -0.05) is 0 Å². The average Bonchev–Trinajstić information content (AvgIpc) is 3.22. The normalized spacial score (nSPS) is 10.8. The average molecular weight is 389 g/mol. The monoisotopic (exact) mass is 389 g/mol. The van der Waals surface area contributed by atoms with E-state index in [0.29, 0.717) is 30.1 Å². The van der Waals surface area contributed by atoms with Gasteiger partial charge in [-0.3, -0.25) is 4.79 Å². The summed E-state index contributed by atoms with van der Waals surface area (Å²) in [4.78, 5) is 15.5. The van der Waals surface area contributed by atoms with E-state index in [1.54, 1.807) is 24.3 Å². The number of nitrogens with one attached hydrogen (secondary N) is 1. The summed E-state index contributed by atoms with van der Waals surface area (Å²) < 4.78 is 24.5. The summed E-state index contributed by atoms with van der Waals surface area (Å²) in [5.41, 5.74) is 2.07. The molecule has 0 amide bonds. The van der Waals surface area contributed by atoms with Crippen LogP contribution in [0.2, 0.25) is 0 Å². The number of halogens is 1. The number of fused-ring (bicyclic) bond motifs is 1. The van der Waals surface area contributed by atoms with Crippen LogP contribution in [0.3, 0.4) is 0 Å². The van der Waals surface area contributed by atoms with Crippen LogP contribution in [0.1, 0.15) is 22.3 Å². The number of H-pyrrole nitrogens is 1. The van der Waals surface area contributed by atoms with Gasteiger partial charge in [-0.2, -0.15) is 0 Å². The minimum absolute atomic E-state index is 0.149. The Labute approximate surface area is 167 Å². The molecule has 1 heterocycles. The van der Waals surface area contributed by atoms with Crippen molar-refractivity contribution in [3.05, 3.63) is 95.9 Å². The summed E-state index contributed by atoms with van der Waals surface area (Å²) in [7, 11) is 0. The van der Waals surface area contributed by atoms with Crippen LogP contribution in [0.15, 0.2) is 79.0 Å². The van der Waals surface area contributed by atoms with E-state index in [1.807, 2.05) is 30.5 Å². The second-order valence-corrected chi connectivity index (χ2v) is 6.64. The molecule has 1 aromatic heterocycles. The van der Waals surface area contributed by atoms with Gasteiger partial charge in [0.05, 0.1) is 13.2 Å². The molecule has 0 saturated carbocycles. The summed E-state index contributed by atoms with van der Waals surface area (Å²) in [6, 6.07) is 20.4. The summed E-state index contributed by atoms with van der Waals surface area (Å²) >= 11 is 0. The molecule has 0 spiro atoms. The zero-order valence-corrected chi connectivity index (χ0v) is 15.7. The Morgan fingerprint density at radius 1 is 0.793 bits per heavy atom. The quantitative estimate of drug-likeness (QED) is 0.325. The molecule has 4 nitrogen and oxygen atoms in total. The van der Waals surface area contributed by atoms with Gasteiger partial charge in [-0.05, 0) is 72.8 Å². The van der Waals surface area contributed by atoms with Crippen LogP contribution in [0.25, 0.3) is 10.9 Å². The first-order valence-electron chi connectivity index (χ1n) is 9.42. The fraction of sp³-hybridized carbons (Fsp3) is 0.125. The summed E-state index contributed by atoms with van der Waals surface area (Å²) in [6.07, 6.45) is 2.64. The lowest BCUT2D eigenvalue weighted by molar-refractivity contribution is 0.103. The maximum atomic E-state index is 13.0. The molecule has 0 fully saturated rings. The van der Waals surface area contributed by atoms with Gasteiger partial charge in [-0.15, -0.1) is 0 Å². The Morgan fingerprint density at radius 2 is 1.41 bits per heavy atom. The number of carbonyl (C=O) groups is 1. The van der Waals surface area contributed by atoms with Gasteiger partial charge < -0.3 is 14.5 Å². The fourth-order valence-electron chi connectivity index (χ4n) is 3.03. The van der Waals surface area contributed by atoms with Crippen LogP contribution < -0.4 is 9.47 Å². The van der Waals surface area contributed by atoms with Crippen molar-refractivity contribution in [1.82, 2.24) is 4.98 Å². The van der Waals surface area contributed by atoms with Gasteiger partial charge >= 0.3 is 0 Å². The number of ether oxygens (including phenoxy) is 2. The molecule has 0 aliphatic rings. The maximum Gasteiger partial charge on any atom is 0.193 e. The van der Waals surface area contributed by atoms with Crippen LogP contribution in [0.5, 0.6) is 11.5 Å². The molecule has 0 atom stereocenters. The molecule has 0 aliphatic carbocycles. The third-order valence-corrected chi connectivity index (χ3v) is 4.57. The Morgan fingerprint density at radius 3 is 2.14 bits per heavy atom. The number of ketones is 1. The van der Waals surface area contributed by atoms with Crippen molar-refractivity contribution in [2.45, 2.75) is 6.42 Å². The SMILES string of the molecule is O=C(c1ccc(F)cc1)c1ccc(OCCCOc2ccc3[nH]ccc3c2)cc1. The first-order valence-corrected chi connectivity index (χ1v) is 9.42. The Kier molecular flexibility index (Phi) is 5.56. The predicted octanol–water partition coefficient (Wildman–Crippen LogP) is 5.39. The zero-order valence-electron chi connectivity index (χ0n) is 15.7. The maximum absolute atomic E-state index is 13.0. The van der Waals surface area contributed by atoms with Crippen LogP contribution in [0.4, 0.5) is 4.39 Å². The first kappa shape index (κ1) is 18.7. The van der Waals surface area contributed by atoms with Crippen molar-refractivity contribution in [2.75, 3.05) is 13.2 Å². The summed E-state index contributed by atoms with van der Waals surface area (Å²) in [5.74, 6) is 1.01. The molecule has 0 aliphatic heterocycles. The minimum Gasteiger partial charge on any atom is -0.493 e. The van der Waals surface area contributed by atoms with Gasteiger partial charge in [0, 0.05) is 34.6 Å². The highest BCUT2D eigenvalue weighted by Gasteiger charge is 2.09. The highest BCUT2D eigenvalue weighted by molar-refractivity contribution is 6.09. The number of hydrogen-bond acceptors (Lipinski definition) is 3. The Bertz CT molecular complexity index is 1100. The van der Waals surface area contributed by atoms with Crippen LogP contribution >= 0.6 is 0 Å². The molecule has 4 aromatic rings. The first-order chi connectivity index (χ1) is 14.2. The number of hydrogen-bond donors (Lipinski definition) is 1. The lowest BCUT2D eigenvalue weighted by Gasteiger charge is -2.09. The van der Waals surface area contributed by atoms with E-state index in [0.717, 1.165) is 23.1 Å². The highest BCUT2D eigenvalue weighted by atomic mass is 19.1. The molecule has 29 heavy (non-hydrogen) atoms. The Hall–Kier alpha value is -3.60. The summed E-state index contributed by atoms with van der Waals surface area (Å²) in [6.45, 7) is 1.06. The molecule has 1 N–H and O–H groups in total. The van der Waals surface area contributed by atoms with Crippen LogP contribution in [-0.2, 0) is 0 Å². The van der Waals surface area contributed by atoms with E-state index in [1.165, 1.54) is 24.3 Å². The number of aromatic nitrogens is 1. The van der Waals surface area contributed by atoms with E-state index in [-0.39, 0.29) is 11.6 Å². The van der Waals surface area contributed by atoms with Crippen molar-refractivity contribution < 1.29 is 18.7 Å². The van der Waals surface area contributed by atoms with Gasteiger partial charge in [0.2, 0.25) is 0 Å². The Balaban J connectivity index is 1.23. The van der Waals surface area contributed by atoms with E-state index in [9.17, 15) is 9.18 Å². The van der Waals surface area contributed by atoms with E-state index in [2.05, 4.69) is 4.98 Å². The lowest BCUT2D eigenvalue weighted by atomic mass is 10.0. The molecule has 146 valence electrons. The van der Waals surface area contributed by atoms with Crippen molar-refractivity contribution in [3.63, 3.8) is 0 Å². The summed E-state index contributed by atoms with van der Waals surface area (Å²) in [5, 5.41) is 1.12. The van der Waals surface area contributed by atoms with E-state index >= 15 is 0 Å². The zero-order chi connectivity index (χ0) is 20.1. The second kappa shape index (κ2) is 8.61. The second-order valence-electron chi connectivity index (χ2n) is 6.64. The molecular weight excluding hydrogens is 369 g/mol. The number of aromatic amines is 1. The molecular formula is C24H20FNO3. The molecule has 5 heteroatoms. The number of carbonyl (C=O) groups excluding carboxylic acids is 1. The number of benzene rings is 3. The third-order valence-electron chi connectivity index (χ3n) is 4.57. The van der Waals surface area contributed by atoms with Crippen molar-refractivity contribution in [2.24, 2.45) is 0 Å². The molecule has 0 unspecified atom stereocenters. The fourth-order valence-corrected chi connectivity index (χ4v) is 3.03. The highest BCUT2D eigenvalue weighted by Crippen LogP contribution is 2.20. The van der Waals surface area contributed by atoms with Gasteiger partial charge in [0.25, 0.3) is 0 Å². The topological polar surface area (TPSA) is 51.3 Å².